The van der Waals surface area contributed by atoms with Crippen LogP contribution in [0.5, 0.6) is 5.75 Å². The summed E-state index contributed by atoms with van der Waals surface area (Å²) >= 11 is 0.936. The number of para-hydroxylation sites is 2. The van der Waals surface area contributed by atoms with Crippen molar-refractivity contribution in [2.24, 2.45) is 0 Å². The summed E-state index contributed by atoms with van der Waals surface area (Å²) in [6, 6.07) is 17.1. The maximum absolute atomic E-state index is 13.0. The molecule has 2 aromatic carbocycles. The number of imide groups is 1. The fourth-order valence-electron chi connectivity index (χ4n) is 4.52. The van der Waals surface area contributed by atoms with Crippen molar-refractivity contribution in [2.75, 3.05) is 26.2 Å². The van der Waals surface area contributed by atoms with Crippen molar-refractivity contribution in [1.82, 2.24) is 14.4 Å². The number of hydrogen-bond donors (Lipinski definition) is 0. The lowest BCUT2D eigenvalue weighted by atomic mass is 10.1. The summed E-state index contributed by atoms with van der Waals surface area (Å²) < 4.78 is 7.59. The molecule has 2 saturated heterocycles. The van der Waals surface area contributed by atoms with Crippen molar-refractivity contribution < 1.29 is 19.1 Å². The first-order chi connectivity index (χ1) is 17.1. The zero-order valence-corrected chi connectivity index (χ0v) is 20.2. The summed E-state index contributed by atoms with van der Waals surface area (Å²) in [5.74, 6) is 0.482. The van der Waals surface area contributed by atoms with Crippen LogP contribution >= 0.6 is 11.8 Å². The summed E-state index contributed by atoms with van der Waals surface area (Å²) in [6.45, 7) is 2.29. The summed E-state index contributed by atoms with van der Waals surface area (Å²) in [6.07, 6.45) is 6.94. The molecule has 2 aliphatic heterocycles. The first-order valence-electron chi connectivity index (χ1n) is 11.9. The molecule has 180 valence electrons. The molecule has 0 N–H and O–H groups in total. The molecular weight excluding hydrogens is 462 g/mol. The third kappa shape index (κ3) is 5.12. The average Bonchev–Trinajstić information content (AvgIpc) is 3.37. The number of hydrogen-bond acceptors (Lipinski definition) is 5. The van der Waals surface area contributed by atoms with Crippen molar-refractivity contribution in [3.05, 3.63) is 71.3 Å². The minimum Gasteiger partial charge on any atom is -0.492 e. The van der Waals surface area contributed by atoms with Crippen LogP contribution in [0.2, 0.25) is 0 Å². The molecule has 0 atom stereocenters. The summed E-state index contributed by atoms with van der Waals surface area (Å²) in [7, 11) is 0. The Morgan fingerprint density at radius 1 is 0.971 bits per heavy atom. The van der Waals surface area contributed by atoms with E-state index in [0.717, 1.165) is 54.2 Å². The number of piperidine rings is 1. The van der Waals surface area contributed by atoms with Gasteiger partial charge in [0.2, 0.25) is 5.91 Å². The van der Waals surface area contributed by atoms with Crippen LogP contribution in [-0.2, 0) is 16.1 Å². The van der Waals surface area contributed by atoms with E-state index in [2.05, 4.69) is 0 Å². The summed E-state index contributed by atoms with van der Waals surface area (Å²) in [4.78, 5) is 41.9. The monoisotopic (exact) mass is 489 g/mol. The van der Waals surface area contributed by atoms with Crippen molar-refractivity contribution >= 4 is 45.8 Å². The Morgan fingerprint density at radius 3 is 2.51 bits per heavy atom. The van der Waals surface area contributed by atoms with E-state index in [-0.39, 0.29) is 36.7 Å². The second-order valence-electron chi connectivity index (χ2n) is 8.67. The number of amides is 3. The topological polar surface area (TPSA) is 71.9 Å². The SMILES string of the molecule is O=C(Cn1cc(/C=C2\SC(=O)N(CCOc3ccccc3)C2=O)c2ccccc21)N1CCCCC1. The van der Waals surface area contributed by atoms with Gasteiger partial charge in [0.25, 0.3) is 11.1 Å². The lowest BCUT2D eigenvalue weighted by Crippen LogP contribution is -2.37. The Kier molecular flexibility index (Phi) is 6.90. The van der Waals surface area contributed by atoms with Gasteiger partial charge in [0.1, 0.15) is 18.9 Å². The van der Waals surface area contributed by atoms with Gasteiger partial charge in [-0.15, -0.1) is 0 Å². The van der Waals surface area contributed by atoms with E-state index < -0.39 is 0 Å². The molecule has 8 heteroatoms. The Labute approximate surface area is 208 Å². The van der Waals surface area contributed by atoms with Gasteiger partial charge in [0, 0.05) is 35.8 Å². The van der Waals surface area contributed by atoms with Crippen molar-refractivity contribution in [2.45, 2.75) is 25.8 Å². The van der Waals surface area contributed by atoms with Gasteiger partial charge in [0.05, 0.1) is 11.4 Å². The van der Waals surface area contributed by atoms with Crippen molar-refractivity contribution in [3.8, 4) is 5.75 Å². The molecule has 3 amide bonds. The first-order valence-corrected chi connectivity index (χ1v) is 12.7. The van der Waals surface area contributed by atoms with Crippen molar-refractivity contribution in [1.29, 1.82) is 0 Å². The predicted molar refractivity (Wildman–Crippen MR) is 137 cm³/mol. The van der Waals surface area contributed by atoms with Crippen LogP contribution in [0, 0.1) is 0 Å². The maximum Gasteiger partial charge on any atom is 0.293 e. The average molecular weight is 490 g/mol. The number of benzene rings is 2. The molecule has 0 saturated carbocycles. The van der Waals surface area contributed by atoms with Crippen LogP contribution in [-0.4, -0.2) is 57.7 Å². The second-order valence-corrected chi connectivity index (χ2v) is 9.66. The third-order valence-electron chi connectivity index (χ3n) is 6.32. The first kappa shape index (κ1) is 23.2. The second kappa shape index (κ2) is 10.4. The van der Waals surface area contributed by atoms with Crippen LogP contribution in [0.1, 0.15) is 24.8 Å². The number of carbonyl (C=O) groups excluding carboxylic acids is 3. The molecule has 1 aromatic heterocycles. The molecule has 0 unspecified atom stereocenters. The number of likely N-dealkylation sites (tertiary alicyclic amines) is 1. The van der Waals surface area contributed by atoms with Crippen molar-refractivity contribution in [3.63, 3.8) is 0 Å². The number of ether oxygens (including phenoxy) is 1. The number of fused-ring (bicyclic) bond motifs is 1. The van der Waals surface area contributed by atoms with E-state index in [1.807, 2.05) is 70.3 Å². The lowest BCUT2D eigenvalue weighted by Gasteiger charge is -2.27. The van der Waals surface area contributed by atoms with E-state index in [1.54, 1.807) is 6.08 Å². The van der Waals surface area contributed by atoms with Crippen LogP contribution in [0.4, 0.5) is 4.79 Å². The zero-order valence-electron chi connectivity index (χ0n) is 19.4. The van der Waals surface area contributed by atoms with Gasteiger partial charge in [-0.05, 0) is 55.3 Å². The van der Waals surface area contributed by atoms with Crippen LogP contribution in [0.15, 0.2) is 65.7 Å². The lowest BCUT2D eigenvalue weighted by molar-refractivity contribution is -0.132. The predicted octanol–water partition coefficient (Wildman–Crippen LogP) is 4.77. The molecule has 0 bridgehead atoms. The highest BCUT2D eigenvalue weighted by atomic mass is 32.2. The maximum atomic E-state index is 13.0. The quantitative estimate of drug-likeness (QED) is 0.447. The molecule has 2 fully saturated rings. The van der Waals surface area contributed by atoms with Crippen LogP contribution in [0.3, 0.4) is 0 Å². The number of nitrogens with zero attached hydrogens (tertiary/aromatic N) is 3. The summed E-state index contributed by atoms with van der Waals surface area (Å²) in [5.41, 5.74) is 1.75. The zero-order chi connectivity index (χ0) is 24.2. The van der Waals surface area contributed by atoms with Gasteiger partial charge < -0.3 is 14.2 Å². The number of rotatable bonds is 7. The van der Waals surface area contributed by atoms with E-state index in [9.17, 15) is 14.4 Å². The van der Waals surface area contributed by atoms with E-state index >= 15 is 0 Å². The molecule has 35 heavy (non-hydrogen) atoms. The van der Waals surface area contributed by atoms with E-state index in [1.165, 1.54) is 11.3 Å². The Morgan fingerprint density at radius 2 is 1.71 bits per heavy atom. The van der Waals surface area contributed by atoms with E-state index in [4.69, 9.17) is 4.74 Å². The largest absolute Gasteiger partial charge is 0.492 e. The minimum absolute atomic E-state index is 0.107. The fourth-order valence-corrected chi connectivity index (χ4v) is 5.37. The molecule has 7 nitrogen and oxygen atoms in total. The van der Waals surface area contributed by atoms with Gasteiger partial charge in [-0.2, -0.15) is 0 Å². The fraction of sp³-hybridized carbons (Fsp3) is 0.296. The number of aromatic nitrogens is 1. The molecule has 2 aliphatic rings. The standard InChI is InChI=1S/C27H27N3O4S/c31-25(28-13-7-2-8-14-28)19-29-18-20(22-11-5-6-12-23(22)29)17-24-26(32)30(27(33)35-24)15-16-34-21-9-3-1-4-10-21/h1,3-6,9-12,17-18H,2,7-8,13-16,19H2/b24-17-. The van der Waals surface area contributed by atoms with Gasteiger partial charge in [-0.3, -0.25) is 19.3 Å². The molecule has 0 radical (unpaired) electrons. The van der Waals surface area contributed by atoms with Gasteiger partial charge in [0.15, 0.2) is 0 Å². The van der Waals surface area contributed by atoms with Crippen LogP contribution in [0.25, 0.3) is 17.0 Å². The van der Waals surface area contributed by atoms with Gasteiger partial charge in [-0.25, -0.2) is 0 Å². The van der Waals surface area contributed by atoms with Gasteiger partial charge in [-0.1, -0.05) is 36.4 Å². The highest BCUT2D eigenvalue weighted by Crippen LogP contribution is 2.34. The van der Waals surface area contributed by atoms with E-state index in [0.29, 0.717) is 10.7 Å². The number of carbonyl (C=O) groups is 3. The Hall–Kier alpha value is -3.52. The number of thioether (sulfide) groups is 1. The Bertz CT molecular complexity index is 1280. The Balaban J connectivity index is 1.32. The highest BCUT2D eigenvalue weighted by Gasteiger charge is 2.35. The molecule has 0 spiro atoms. The minimum atomic E-state index is -0.321. The smallest absolute Gasteiger partial charge is 0.293 e. The molecular formula is C27H27N3O4S. The normalized spacial score (nSPS) is 17.5. The molecule has 5 rings (SSSR count). The van der Waals surface area contributed by atoms with Gasteiger partial charge >= 0.3 is 0 Å². The molecule has 3 heterocycles. The molecule has 3 aromatic rings. The highest BCUT2D eigenvalue weighted by molar-refractivity contribution is 8.18. The van der Waals surface area contributed by atoms with Crippen LogP contribution < -0.4 is 4.74 Å². The third-order valence-corrected chi connectivity index (χ3v) is 7.23. The summed E-state index contributed by atoms with van der Waals surface area (Å²) in [5, 5.41) is 0.639. The molecule has 0 aliphatic carbocycles.